The highest BCUT2D eigenvalue weighted by Gasteiger charge is 2.36. The normalized spacial score (nSPS) is 22.9. The summed E-state index contributed by atoms with van der Waals surface area (Å²) >= 11 is 1.60. The minimum Gasteiger partial charge on any atom is -0.329 e. The molecule has 0 spiro atoms. The minimum absolute atomic E-state index is 0.0649. The molecule has 18 heavy (non-hydrogen) atoms. The number of imide groups is 1. The number of carbonyl (C=O) groups is 2. The van der Waals surface area contributed by atoms with Crippen LogP contribution in [0.15, 0.2) is 17.5 Å². The van der Waals surface area contributed by atoms with Crippen molar-refractivity contribution in [1.29, 1.82) is 0 Å². The first-order chi connectivity index (χ1) is 8.67. The number of amides is 2. The van der Waals surface area contributed by atoms with Crippen molar-refractivity contribution < 1.29 is 9.59 Å². The van der Waals surface area contributed by atoms with E-state index in [9.17, 15) is 9.59 Å². The predicted molar refractivity (Wildman–Crippen MR) is 70.0 cm³/mol. The lowest BCUT2D eigenvalue weighted by atomic mass is 10.0. The van der Waals surface area contributed by atoms with E-state index in [1.807, 2.05) is 29.3 Å². The van der Waals surface area contributed by atoms with E-state index in [4.69, 9.17) is 5.73 Å². The van der Waals surface area contributed by atoms with Gasteiger partial charge in [-0.1, -0.05) is 13.0 Å². The average molecular weight is 267 g/mol. The zero-order valence-corrected chi connectivity index (χ0v) is 11.1. The number of nitrogens with two attached hydrogens (primary N) is 1. The Balaban J connectivity index is 2.27. The number of thiophene rings is 1. The van der Waals surface area contributed by atoms with Crippen molar-refractivity contribution >= 4 is 23.2 Å². The maximum Gasteiger partial charge on any atom is 0.243 e. The van der Waals surface area contributed by atoms with Crippen molar-refractivity contribution in [1.82, 2.24) is 10.2 Å². The third-order valence-corrected chi connectivity index (χ3v) is 4.15. The number of hydrogen-bond acceptors (Lipinski definition) is 5. The Morgan fingerprint density at radius 1 is 1.61 bits per heavy atom. The molecule has 2 heterocycles. The molecule has 0 aliphatic carbocycles. The van der Waals surface area contributed by atoms with Crippen molar-refractivity contribution in [3.63, 3.8) is 0 Å². The summed E-state index contributed by atoms with van der Waals surface area (Å²) in [6.07, 6.45) is 0.668. The van der Waals surface area contributed by atoms with Crippen LogP contribution in [0.25, 0.3) is 0 Å². The number of hydrogen-bond donors (Lipinski definition) is 2. The van der Waals surface area contributed by atoms with Gasteiger partial charge < -0.3 is 5.73 Å². The van der Waals surface area contributed by atoms with E-state index in [0.29, 0.717) is 13.0 Å². The Morgan fingerprint density at radius 3 is 2.94 bits per heavy atom. The van der Waals surface area contributed by atoms with E-state index >= 15 is 0 Å². The zero-order chi connectivity index (χ0) is 13.1. The number of carbonyl (C=O) groups excluding carboxylic acids is 2. The zero-order valence-electron chi connectivity index (χ0n) is 10.3. The first-order valence-corrected chi connectivity index (χ1v) is 6.88. The van der Waals surface area contributed by atoms with Gasteiger partial charge in [0.05, 0.1) is 18.6 Å². The number of nitrogens with one attached hydrogen (secondary N) is 1. The molecule has 2 unspecified atom stereocenters. The number of rotatable bonds is 4. The van der Waals surface area contributed by atoms with Crippen LogP contribution in [-0.4, -0.2) is 35.8 Å². The molecule has 1 aromatic heterocycles. The van der Waals surface area contributed by atoms with Crippen molar-refractivity contribution in [3.8, 4) is 0 Å². The van der Waals surface area contributed by atoms with E-state index in [1.54, 1.807) is 11.3 Å². The van der Waals surface area contributed by atoms with Crippen molar-refractivity contribution in [3.05, 3.63) is 22.4 Å². The Kier molecular flexibility index (Phi) is 4.11. The van der Waals surface area contributed by atoms with Crippen LogP contribution >= 0.6 is 11.3 Å². The van der Waals surface area contributed by atoms with Gasteiger partial charge in [0.25, 0.3) is 0 Å². The molecule has 5 nitrogen and oxygen atoms in total. The molecule has 1 aliphatic heterocycles. The summed E-state index contributed by atoms with van der Waals surface area (Å²) in [6, 6.07) is 3.60. The van der Waals surface area contributed by atoms with Crippen molar-refractivity contribution in [2.24, 2.45) is 5.73 Å². The molecule has 98 valence electrons. The SMILES string of the molecule is CCC1C(=O)NC(=O)CN1C(CN)c1cccs1. The molecule has 0 bridgehead atoms. The Bertz CT molecular complexity index is 433. The van der Waals surface area contributed by atoms with Gasteiger partial charge in [0.1, 0.15) is 0 Å². The quantitative estimate of drug-likeness (QED) is 0.778. The van der Waals surface area contributed by atoms with Crippen LogP contribution in [0.5, 0.6) is 0 Å². The third kappa shape index (κ3) is 2.45. The summed E-state index contributed by atoms with van der Waals surface area (Å²) in [6.45, 7) is 2.57. The predicted octanol–water partition coefficient (Wildman–Crippen LogP) is 0.485. The highest BCUT2D eigenvalue weighted by atomic mass is 32.1. The molecule has 6 heteroatoms. The molecule has 1 aromatic rings. The van der Waals surface area contributed by atoms with E-state index in [0.717, 1.165) is 4.88 Å². The van der Waals surface area contributed by atoms with Gasteiger partial charge in [-0.25, -0.2) is 0 Å². The van der Waals surface area contributed by atoms with Crippen LogP contribution in [0.3, 0.4) is 0 Å². The molecular weight excluding hydrogens is 250 g/mol. The molecule has 2 amide bonds. The standard InChI is InChI=1S/C12H17N3O2S/c1-2-8-12(17)14-11(16)7-15(8)9(6-13)10-4-3-5-18-10/h3-5,8-9H,2,6-7,13H2,1H3,(H,14,16,17). The van der Waals surface area contributed by atoms with Crippen LogP contribution in [0.2, 0.25) is 0 Å². The molecule has 1 aliphatic rings. The van der Waals surface area contributed by atoms with Gasteiger partial charge in [0, 0.05) is 11.4 Å². The van der Waals surface area contributed by atoms with Crippen molar-refractivity contribution in [2.75, 3.05) is 13.1 Å². The molecular formula is C12H17N3O2S. The summed E-state index contributed by atoms with van der Waals surface area (Å²) in [5, 5.41) is 4.35. The highest BCUT2D eigenvalue weighted by Crippen LogP contribution is 2.27. The summed E-state index contributed by atoms with van der Waals surface area (Å²) in [4.78, 5) is 26.4. The van der Waals surface area contributed by atoms with Crippen LogP contribution in [-0.2, 0) is 9.59 Å². The smallest absolute Gasteiger partial charge is 0.243 e. The van der Waals surface area contributed by atoms with Gasteiger partial charge in [0.15, 0.2) is 0 Å². The van der Waals surface area contributed by atoms with Crippen molar-refractivity contribution in [2.45, 2.75) is 25.4 Å². The van der Waals surface area contributed by atoms with E-state index in [2.05, 4.69) is 5.32 Å². The lowest BCUT2D eigenvalue weighted by Gasteiger charge is -2.38. The molecule has 0 radical (unpaired) electrons. The summed E-state index contributed by atoms with van der Waals surface area (Å²) < 4.78 is 0. The second-order valence-electron chi connectivity index (χ2n) is 4.28. The molecule has 0 aromatic carbocycles. The molecule has 1 saturated heterocycles. The fourth-order valence-electron chi connectivity index (χ4n) is 2.33. The van der Waals surface area contributed by atoms with E-state index in [1.165, 1.54) is 0 Å². The fourth-order valence-corrected chi connectivity index (χ4v) is 3.19. The summed E-state index contributed by atoms with van der Waals surface area (Å²) in [5.41, 5.74) is 5.82. The second kappa shape index (κ2) is 5.60. The maximum absolute atomic E-state index is 11.8. The van der Waals surface area contributed by atoms with Crippen LogP contribution in [0.1, 0.15) is 24.3 Å². The van der Waals surface area contributed by atoms with Gasteiger partial charge in [-0.2, -0.15) is 0 Å². The van der Waals surface area contributed by atoms with Gasteiger partial charge in [0.2, 0.25) is 11.8 Å². The Labute approximate surface area is 110 Å². The van der Waals surface area contributed by atoms with Crippen LogP contribution in [0, 0.1) is 0 Å². The summed E-state index contributed by atoms with van der Waals surface area (Å²) in [5.74, 6) is -0.469. The third-order valence-electron chi connectivity index (χ3n) is 3.17. The molecule has 2 rings (SSSR count). The largest absolute Gasteiger partial charge is 0.329 e. The molecule has 1 fully saturated rings. The topological polar surface area (TPSA) is 75.4 Å². The van der Waals surface area contributed by atoms with Gasteiger partial charge in [-0.15, -0.1) is 11.3 Å². The Hall–Kier alpha value is -1.24. The Morgan fingerprint density at radius 2 is 2.39 bits per heavy atom. The fraction of sp³-hybridized carbons (Fsp3) is 0.500. The molecule has 3 N–H and O–H groups in total. The van der Waals surface area contributed by atoms with Gasteiger partial charge >= 0.3 is 0 Å². The minimum atomic E-state index is -0.279. The average Bonchev–Trinajstić information content (AvgIpc) is 2.83. The second-order valence-corrected chi connectivity index (χ2v) is 5.25. The van der Waals surface area contributed by atoms with Crippen LogP contribution in [0.4, 0.5) is 0 Å². The number of piperazine rings is 1. The molecule has 0 saturated carbocycles. The lowest BCUT2D eigenvalue weighted by Crippen LogP contribution is -2.59. The van der Waals surface area contributed by atoms with Gasteiger partial charge in [-0.05, 0) is 17.9 Å². The maximum atomic E-state index is 11.8. The monoisotopic (exact) mass is 267 g/mol. The van der Waals surface area contributed by atoms with E-state index in [-0.39, 0.29) is 30.4 Å². The van der Waals surface area contributed by atoms with Gasteiger partial charge in [-0.3, -0.25) is 19.8 Å². The first-order valence-electron chi connectivity index (χ1n) is 6.00. The van der Waals surface area contributed by atoms with Crippen LogP contribution < -0.4 is 11.1 Å². The number of nitrogens with zero attached hydrogens (tertiary/aromatic N) is 1. The lowest BCUT2D eigenvalue weighted by molar-refractivity contribution is -0.141. The summed E-state index contributed by atoms with van der Waals surface area (Å²) in [7, 11) is 0. The first kappa shape index (κ1) is 13.2. The highest BCUT2D eigenvalue weighted by molar-refractivity contribution is 7.10. The molecule has 2 atom stereocenters. The van der Waals surface area contributed by atoms with E-state index < -0.39 is 0 Å².